The molecule has 0 saturated carbocycles. The van der Waals surface area contributed by atoms with Crippen LogP contribution in [-0.4, -0.2) is 10.0 Å². The van der Waals surface area contributed by atoms with Crippen LogP contribution in [0.5, 0.6) is 5.75 Å². The summed E-state index contributed by atoms with van der Waals surface area (Å²) >= 11 is 0. The van der Waals surface area contributed by atoms with E-state index in [1.54, 1.807) is 12.1 Å². The predicted molar refractivity (Wildman–Crippen MR) is 74.9 cm³/mol. The lowest BCUT2D eigenvalue weighted by molar-refractivity contribution is -0.384. The molecule has 0 aliphatic heterocycles. The highest BCUT2D eigenvalue weighted by atomic mass is 16.6. The fraction of sp³-hybridized carbons (Fsp3) is 0.143. The van der Waals surface area contributed by atoms with Crippen LogP contribution in [0.15, 0.2) is 46.6 Å². The zero-order valence-corrected chi connectivity index (χ0v) is 11.1. The van der Waals surface area contributed by atoms with E-state index >= 15 is 0 Å². The van der Waals surface area contributed by atoms with Gasteiger partial charge >= 0.3 is 0 Å². The Balaban J connectivity index is 2.27. The predicted octanol–water partition coefficient (Wildman–Crippen LogP) is 4.33. The Morgan fingerprint density at radius 2 is 1.60 bits per heavy atom. The van der Waals surface area contributed by atoms with Crippen LogP contribution in [0.2, 0.25) is 0 Å². The maximum atomic E-state index is 10.5. The van der Waals surface area contributed by atoms with Gasteiger partial charge in [-0.25, -0.2) is 0 Å². The number of hydrogen-bond donors (Lipinski definition) is 1. The van der Waals surface area contributed by atoms with Crippen molar-refractivity contribution < 1.29 is 10.0 Å². The summed E-state index contributed by atoms with van der Waals surface area (Å²) in [6.45, 7) is 3.66. The van der Waals surface area contributed by atoms with E-state index in [1.807, 2.05) is 13.8 Å². The Kier molecular flexibility index (Phi) is 3.74. The summed E-state index contributed by atoms with van der Waals surface area (Å²) in [7, 11) is 0. The number of phenols is 1. The number of azo groups is 1. The lowest BCUT2D eigenvalue weighted by Crippen LogP contribution is -1.85. The first-order valence-electron chi connectivity index (χ1n) is 5.94. The third-order valence-electron chi connectivity index (χ3n) is 2.80. The molecule has 6 nitrogen and oxygen atoms in total. The molecule has 0 spiro atoms. The summed E-state index contributed by atoms with van der Waals surface area (Å²) < 4.78 is 0. The monoisotopic (exact) mass is 271 g/mol. The fourth-order valence-electron chi connectivity index (χ4n) is 1.84. The SMILES string of the molecule is Cc1cc(O)cc(C)c1N=Nc1ccc([N+](=O)[O-])cc1. The van der Waals surface area contributed by atoms with Crippen LogP contribution in [0.3, 0.4) is 0 Å². The molecule has 0 bridgehead atoms. The van der Waals surface area contributed by atoms with E-state index in [4.69, 9.17) is 0 Å². The van der Waals surface area contributed by atoms with Crippen LogP contribution >= 0.6 is 0 Å². The van der Waals surface area contributed by atoms with Crippen molar-refractivity contribution in [2.45, 2.75) is 13.8 Å². The first-order valence-corrected chi connectivity index (χ1v) is 5.94. The quantitative estimate of drug-likeness (QED) is 0.511. The van der Waals surface area contributed by atoms with Gasteiger partial charge in [0.2, 0.25) is 0 Å². The summed E-state index contributed by atoms with van der Waals surface area (Å²) in [6, 6.07) is 9.05. The molecule has 2 aromatic carbocycles. The van der Waals surface area contributed by atoms with Gasteiger partial charge in [0, 0.05) is 12.1 Å². The van der Waals surface area contributed by atoms with Gasteiger partial charge in [0.05, 0.1) is 16.3 Å². The number of nitro groups is 1. The molecule has 0 aliphatic rings. The molecule has 0 atom stereocenters. The first-order chi connectivity index (χ1) is 9.47. The first kappa shape index (κ1) is 13.7. The molecule has 2 aromatic rings. The molecule has 0 amide bonds. The molecule has 1 N–H and O–H groups in total. The van der Waals surface area contributed by atoms with E-state index in [0.717, 1.165) is 11.1 Å². The minimum atomic E-state index is -0.463. The zero-order valence-electron chi connectivity index (χ0n) is 11.1. The second kappa shape index (κ2) is 5.48. The van der Waals surface area contributed by atoms with E-state index in [-0.39, 0.29) is 11.4 Å². The second-order valence-corrected chi connectivity index (χ2v) is 4.40. The van der Waals surface area contributed by atoms with E-state index < -0.39 is 4.92 Å². The molecule has 20 heavy (non-hydrogen) atoms. The van der Waals surface area contributed by atoms with E-state index in [2.05, 4.69) is 10.2 Å². The minimum absolute atomic E-state index is 0.0148. The average Bonchev–Trinajstić information content (AvgIpc) is 2.38. The molecule has 0 aromatic heterocycles. The number of phenolic OH excluding ortho intramolecular Hbond substituents is 1. The Bertz CT molecular complexity index is 656. The van der Waals surface area contributed by atoms with Crippen molar-refractivity contribution in [1.82, 2.24) is 0 Å². The Labute approximate surface area is 115 Å². The number of nitro benzene ring substituents is 1. The topological polar surface area (TPSA) is 88.1 Å². The number of hydrogen-bond acceptors (Lipinski definition) is 5. The van der Waals surface area contributed by atoms with Crippen molar-refractivity contribution in [2.75, 3.05) is 0 Å². The number of nitrogens with zero attached hydrogens (tertiary/aromatic N) is 3. The second-order valence-electron chi connectivity index (χ2n) is 4.40. The highest BCUT2D eigenvalue weighted by molar-refractivity contribution is 5.55. The Morgan fingerprint density at radius 3 is 2.10 bits per heavy atom. The lowest BCUT2D eigenvalue weighted by Gasteiger charge is -2.04. The van der Waals surface area contributed by atoms with Gasteiger partial charge in [-0.15, -0.1) is 0 Å². The van der Waals surface area contributed by atoms with Crippen LogP contribution < -0.4 is 0 Å². The van der Waals surface area contributed by atoms with Gasteiger partial charge in [0.15, 0.2) is 0 Å². The number of rotatable bonds is 3. The van der Waals surface area contributed by atoms with Gasteiger partial charge in [0.25, 0.3) is 5.69 Å². The Hall–Kier alpha value is -2.76. The van der Waals surface area contributed by atoms with E-state index in [0.29, 0.717) is 11.4 Å². The summed E-state index contributed by atoms with van der Waals surface area (Å²) in [5.74, 6) is 0.189. The third-order valence-corrected chi connectivity index (χ3v) is 2.80. The van der Waals surface area contributed by atoms with Crippen LogP contribution in [0.25, 0.3) is 0 Å². The van der Waals surface area contributed by atoms with Crippen molar-refractivity contribution >= 4 is 17.1 Å². The number of non-ortho nitro benzene ring substituents is 1. The van der Waals surface area contributed by atoms with Gasteiger partial charge in [-0.2, -0.15) is 10.2 Å². The molecule has 0 aliphatic carbocycles. The molecule has 0 unspecified atom stereocenters. The number of aromatic hydroxyl groups is 1. The van der Waals surface area contributed by atoms with E-state index in [1.165, 1.54) is 24.3 Å². The van der Waals surface area contributed by atoms with Gasteiger partial charge in [-0.05, 0) is 49.2 Å². The zero-order chi connectivity index (χ0) is 14.7. The van der Waals surface area contributed by atoms with Crippen molar-refractivity contribution in [3.63, 3.8) is 0 Å². The molecular formula is C14H13N3O3. The highest BCUT2D eigenvalue weighted by Crippen LogP contribution is 2.29. The van der Waals surface area contributed by atoms with Crippen LogP contribution in [0, 0.1) is 24.0 Å². The summed E-state index contributed by atoms with van der Waals surface area (Å²) in [5, 5.41) is 28.2. The minimum Gasteiger partial charge on any atom is -0.508 e. The molecule has 0 saturated heterocycles. The average molecular weight is 271 g/mol. The van der Waals surface area contributed by atoms with Gasteiger partial charge in [0.1, 0.15) is 5.75 Å². The maximum absolute atomic E-state index is 10.5. The molecular weight excluding hydrogens is 258 g/mol. The molecule has 0 heterocycles. The smallest absolute Gasteiger partial charge is 0.269 e. The van der Waals surface area contributed by atoms with Crippen molar-refractivity contribution in [2.24, 2.45) is 10.2 Å². The molecule has 0 fully saturated rings. The van der Waals surface area contributed by atoms with Crippen molar-refractivity contribution in [3.8, 4) is 5.75 Å². The molecule has 2 rings (SSSR count). The molecule has 0 radical (unpaired) electrons. The third kappa shape index (κ3) is 2.97. The largest absolute Gasteiger partial charge is 0.508 e. The number of aryl methyl sites for hydroxylation is 2. The van der Waals surface area contributed by atoms with Crippen molar-refractivity contribution in [1.29, 1.82) is 0 Å². The van der Waals surface area contributed by atoms with Gasteiger partial charge in [-0.3, -0.25) is 10.1 Å². The normalized spacial score (nSPS) is 10.9. The van der Waals surface area contributed by atoms with Crippen LogP contribution in [0.4, 0.5) is 17.1 Å². The van der Waals surface area contributed by atoms with E-state index in [9.17, 15) is 15.2 Å². The fourth-order valence-corrected chi connectivity index (χ4v) is 1.84. The lowest BCUT2D eigenvalue weighted by atomic mass is 10.1. The summed E-state index contributed by atoms with van der Waals surface area (Å²) in [5.41, 5.74) is 2.85. The standard InChI is InChI=1S/C14H13N3O3/c1-9-7-13(18)8-10(2)14(9)16-15-11-3-5-12(6-4-11)17(19)20/h3-8,18H,1-2H3. The highest BCUT2D eigenvalue weighted by Gasteiger charge is 2.05. The maximum Gasteiger partial charge on any atom is 0.269 e. The van der Waals surface area contributed by atoms with Crippen LogP contribution in [0.1, 0.15) is 11.1 Å². The summed E-state index contributed by atoms with van der Waals surface area (Å²) in [6.07, 6.45) is 0. The molecule has 102 valence electrons. The Morgan fingerprint density at radius 1 is 1.05 bits per heavy atom. The van der Waals surface area contributed by atoms with Crippen molar-refractivity contribution in [3.05, 3.63) is 57.6 Å². The summed E-state index contributed by atoms with van der Waals surface area (Å²) in [4.78, 5) is 10.1. The van der Waals surface area contributed by atoms with Crippen LogP contribution in [-0.2, 0) is 0 Å². The van der Waals surface area contributed by atoms with Gasteiger partial charge in [-0.1, -0.05) is 0 Å². The molecule has 6 heteroatoms. The number of benzene rings is 2. The van der Waals surface area contributed by atoms with Gasteiger partial charge < -0.3 is 5.11 Å².